The maximum atomic E-state index is 12.4. The number of amides is 2. The molecule has 29 heavy (non-hydrogen) atoms. The van der Waals surface area contributed by atoms with Crippen LogP contribution in [0.15, 0.2) is 36.5 Å². The number of anilines is 1. The highest BCUT2D eigenvalue weighted by atomic mass is 16.6. The van der Waals surface area contributed by atoms with Crippen LogP contribution in [0.3, 0.4) is 0 Å². The minimum atomic E-state index is -0.462. The lowest BCUT2D eigenvalue weighted by atomic mass is 10.0. The summed E-state index contributed by atoms with van der Waals surface area (Å²) in [6.07, 6.45) is 0.787. The number of carbonyl (C=O) groups excluding carboxylic acids is 2. The number of fused-ring (bicyclic) bond motifs is 3. The number of aliphatic hydroxyl groups excluding tert-OH is 1. The van der Waals surface area contributed by atoms with E-state index in [1.165, 1.54) is 6.92 Å². The first kappa shape index (κ1) is 18.8. The number of cyclic esters (lactones) is 1. The average Bonchev–Trinajstić information content (AvgIpc) is 3.06. The van der Waals surface area contributed by atoms with E-state index in [0.717, 1.165) is 11.1 Å². The summed E-state index contributed by atoms with van der Waals surface area (Å²) < 4.78 is 11.3. The van der Waals surface area contributed by atoms with Crippen LogP contribution < -0.4 is 15.0 Å². The summed E-state index contributed by atoms with van der Waals surface area (Å²) in [6, 6.07) is 8.93. The van der Waals surface area contributed by atoms with Gasteiger partial charge in [0.05, 0.1) is 12.2 Å². The summed E-state index contributed by atoms with van der Waals surface area (Å²) in [5.41, 5.74) is 2.97. The van der Waals surface area contributed by atoms with Gasteiger partial charge in [-0.25, -0.2) is 9.78 Å². The molecular weight excluding hydrogens is 374 g/mol. The van der Waals surface area contributed by atoms with Crippen molar-refractivity contribution in [1.29, 1.82) is 0 Å². The predicted octanol–water partition coefficient (Wildman–Crippen LogP) is 1.31. The number of aromatic nitrogens is 1. The molecule has 148 valence electrons. The van der Waals surface area contributed by atoms with Crippen molar-refractivity contribution in [3.05, 3.63) is 42.2 Å². The van der Waals surface area contributed by atoms with Crippen LogP contribution >= 0.6 is 0 Å². The maximum Gasteiger partial charge on any atom is 0.415 e. The van der Waals surface area contributed by atoms with Gasteiger partial charge < -0.3 is 19.9 Å². The summed E-state index contributed by atoms with van der Waals surface area (Å²) >= 11 is 0. The van der Waals surface area contributed by atoms with E-state index >= 15 is 0 Å². The van der Waals surface area contributed by atoms with Crippen molar-refractivity contribution in [2.75, 3.05) is 24.7 Å². The summed E-state index contributed by atoms with van der Waals surface area (Å²) in [4.78, 5) is 29.4. The Kier molecular flexibility index (Phi) is 5.06. The fraction of sp³-hybridized carbons (Fsp3) is 0.286. The van der Waals surface area contributed by atoms with Gasteiger partial charge in [0.1, 0.15) is 36.8 Å². The van der Waals surface area contributed by atoms with E-state index in [1.54, 1.807) is 17.2 Å². The van der Waals surface area contributed by atoms with Crippen molar-refractivity contribution >= 4 is 17.7 Å². The first-order chi connectivity index (χ1) is 14.1. The average molecular weight is 393 g/mol. The molecule has 1 saturated heterocycles. The van der Waals surface area contributed by atoms with Gasteiger partial charge in [-0.05, 0) is 29.7 Å². The fourth-order valence-corrected chi connectivity index (χ4v) is 3.40. The molecule has 1 aromatic carbocycles. The first-order valence-electron chi connectivity index (χ1n) is 9.14. The highest BCUT2D eigenvalue weighted by molar-refractivity contribution is 5.94. The quantitative estimate of drug-likeness (QED) is 0.763. The smallest absolute Gasteiger partial charge is 0.415 e. The Balaban J connectivity index is 1.56. The molecule has 8 nitrogen and oxygen atoms in total. The van der Waals surface area contributed by atoms with E-state index in [4.69, 9.17) is 14.6 Å². The molecule has 0 aliphatic carbocycles. The number of hydrogen-bond donors (Lipinski definition) is 2. The number of pyridine rings is 1. The minimum absolute atomic E-state index is 0.178. The molecule has 2 unspecified atom stereocenters. The van der Waals surface area contributed by atoms with E-state index < -0.39 is 12.2 Å². The molecule has 1 fully saturated rings. The Labute approximate surface area is 167 Å². The molecule has 0 bridgehead atoms. The van der Waals surface area contributed by atoms with Crippen LogP contribution in [-0.4, -0.2) is 54.0 Å². The van der Waals surface area contributed by atoms with Gasteiger partial charge in [-0.3, -0.25) is 9.69 Å². The summed E-state index contributed by atoms with van der Waals surface area (Å²) in [6.45, 7) is 1.73. The number of nitrogens with zero attached hydrogens (tertiary/aromatic N) is 2. The number of nitrogens with one attached hydrogen (secondary N) is 1. The second-order valence-corrected chi connectivity index (χ2v) is 6.68. The Morgan fingerprint density at radius 2 is 2.17 bits per heavy atom. The molecule has 3 heterocycles. The molecule has 2 aliphatic rings. The van der Waals surface area contributed by atoms with Crippen LogP contribution in [0.2, 0.25) is 0 Å². The van der Waals surface area contributed by atoms with Crippen molar-refractivity contribution < 1.29 is 24.2 Å². The molecule has 2 atom stereocenters. The molecule has 2 N–H and O–H groups in total. The third kappa shape index (κ3) is 3.73. The van der Waals surface area contributed by atoms with Crippen LogP contribution in [0.4, 0.5) is 10.5 Å². The lowest BCUT2D eigenvalue weighted by molar-refractivity contribution is -0.119. The SMILES string of the molecule is CC(=O)NCC1OC(=O)N2c3ccc(-c4ccc(C#CCO)nc4)cc3OCC12. The lowest BCUT2D eigenvalue weighted by Gasteiger charge is -2.31. The van der Waals surface area contributed by atoms with Gasteiger partial charge >= 0.3 is 6.09 Å². The number of hydrogen-bond acceptors (Lipinski definition) is 6. The number of ether oxygens (including phenoxy) is 2. The largest absolute Gasteiger partial charge is 0.489 e. The molecule has 1 aromatic heterocycles. The Bertz CT molecular complexity index is 1010. The highest BCUT2D eigenvalue weighted by Gasteiger charge is 2.46. The molecule has 0 radical (unpaired) electrons. The molecule has 8 heteroatoms. The predicted molar refractivity (Wildman–Crippen MR) is 104 cm³/mol. The Morgan fingerprint density at radius 1 is 1.34 bits per heavy atom. The topological polar surface area (TPSA) is 101 Å². The van der Waals surface area contributed by atoms with Crippen molar-refractivity contribution in [1.82, 2.24) is 10.3 Å². The van der Waals surface area contributed by atoms with Crippen molar-refractivity contribution in [2.24, 2.45) is 0 Å². The van der Waals surface area contributed by atoms with Gasteiger partial charge in [-0.1, -0.05) is 18.1 Å². The van der Waals surface area contributed by atoms with Gasteiger partial charge in [-0.2, -0.15) is 0 Å². The fourth-order valence-electron chi connectivity index (χ4n) is 3.40. The van der Waals surface area contributed by atoms with E-state index in [-0.39, 0.29) is 31.7 Å². The van der Waals surface area contributed by atoms with Crippen LogP contribution in [0.1, 0.15) is 12.6 Å². The van der Waals surface area contributed by atoms with Crippen LogP contribution in [0.5, 0.6) is 5.75 Å². The normalized spacial score (nSPS) is 19.2. The molecule has 2 aromatic rings. The monoisotopic (exact) mass is 393 g/mol. The Morgan fingerprint density at radius 3 is 2.90 bits per heavy atom. The summed E-state index contributed by atoms with van der Waals surface area (Å²) in [7, 11) is 0. The molecule has 2 amide bonds. The second kappa shape index (κ2) is 7.81. The zero-order valence-corrected chi connectivity index (χ0v) is 15.7. The Hall–Kier alpha value is -3.57. The lowest BCUT2D eigenvalue weighted by Crippen LogP contribution is -2.47. The van der Waals surface area contributed by atoms with Crippen molar-refractivity contribution in [3.8, 4) is 28.7 Å². The van der Waals surface area contributed by atoms with E-state index in [0.29, 0.717) is 17.1 Å². The standard InChI is InChI=1S/C21H19N3O5/c1-13(26)22-11-20-18-12-28-19-9-14(5-7-17(19)24(18)21(27)29-20)15-4-6-16(23-10-15)3-2-8-25/h4-7,9-10,18,20,25H,8,11-12H2,1H3,(H,22,26). The molecule has 0 saturated carbocycles. The minimum Gasteiger partial charge on any atom is -0.489 e. The summed E-state index contributed by atoms with van der Waals surface area (Å²) in [5, 5.41) is 11.4. The van der Waals surface area contributed by atoms with E-state index in [9.17, 15) is 9.59 Å². The van der Waals surface area contributed by atoms with Gasteiger partial charge in [0.25, 0.3) is 0 Å². The van der Waals surface area contributed by atoms with Gasteiger partial charge in [-0.15, -0.1) is 0 Å². The van der Waals surface area contributed by atoms with Gasteiger partial charge in [0.2, 0.25) is 5.91 Å². The number of carbonyl (C=O) groups is 2. The second-order valence-electron chi connectivity index (χ2n) is 6.68. The first-order valence-corrected chi connectivity index (χ1v) is 9.14. The van der Waals surface area contributed by atoms with Gasteiger partial charge in [0.15, 0.2) is 0 Å². The zero-order chi connectivity index (χ0) is 20.4. The third-order valence-corrected chi connectivity index (χ3v) is 4.78. The van der Waals surface area contributed by atoms with Crippen LogP contribution in [0.25, 0.3) is 11.1 Å². The van der Waals surface area contributed by atoms with E-state index in [1.807, 2.05) is 24.3 Å². The van der Waals surface area contributed by atoms with Crippen molar-refractivity contribution in [2.45, 2.75) is 19.1 Å². The zero-order valence-electron chi connectivity index (χ0n) is 15.7. The number of benzene rings is 1. The maximum absolute atomic E-state index is 12.4. The number of aliphatic hydroxyl groups is 1. The van der Waals surface area contributed by atoms with Crippen molar-refractivity contribution in [3.63, 3.8) is 0 Å². The van der Waals surface area contributed by atoms with E-state index in [2.05, 4.69) is 22.1 Å². The van der Waals surface area contributed by atoms with Crippen LogP contribution in [0, 0.1) is 11.8 Å². The third-order valence-electron chi connectivity index (χ3n) is 4.78. The molecule has 0 spiro atoms. The number of rotatable bonds is 3. The molecular formula is C21H19N3O5. The van der Waals surface area contributed by atoms with Gasteiger partial charge in [0, 0.05) is 18.7 Å². The van der Waals surface area contributed by atoms with Crippen LogP contribution in [-0.2, 0) is 9.53 Å². The molecule has 2 aliphatic heterocycles. The summed E-state index contributed by atoms with van der Waals surface area (Å²) in [5.74, 6) is 5.72. The molecule has 4 rings (SSSR count). The highest BCUT2D eigenvalue weighted by Crippen LogP contribution is 2.40.